The van der Waals surface area contributed by atoms with Crippen LogP contribution in [0.3, 0.4) is 0 Å². The Bertz CT molecular complexity index is 873. The molecule has 0 aliphatic carbocycles. The second kappa shape index (κ2) is 6.34. The van der Waals surface area contributed by atoms with Crippen LogP contribution in [0.15, 0.2) is 46.9 Å². The van der Waals surface area contributed by atoms with Crippen LogP contribution in [0.2, 0.25) is 0 Å². The van der Waals surface area contributed by atoms with Gasteiger partial charge in [-0.2, -0.15) is 0 Å². The molecule has 0 fully saturated rings. The average molecular weight is 375 g/mol. The molecular weight excluding hydrogens is 360 g/mol. The van der Waals surface area contributed by atoms with Crippen LogP contribution in [0.5, 0.6) is 11.5 Å². The molecule has 0 aliphatic rings. The molecule has 0 unspecified atom stereocenters. The van der Waals surface area contributed by atoms with E-state index in [4.69, 9.17) is 9.47 Å². The molecule has 0 bridgehead atoms. The van der Waals surface area contributed by atoms with E-state index in [1.54, 1.807) is 32.4 Å². The monoisotopic (exact) mass is 374 g/mol. The number of anilines is 1. The predicted molar refractivity (Wildman–Crippen MR) is 93.5 cm³/mol. The Balaban J connectivity index is 1.91. The Labute approximate surface area is 141 Å². The van der Waals surface area contributed by atoms with E-state index in [0.29, 0.717) is 22.9 Å². The first kappa shape index (κ1) is 15.4. The molecule has 2 aromatic carbocycles. The normalized spacial score (nSPS) is 10.6. The highest BCUT2D eigenvalue weighted by atomic mass is 79.9. The Hall–Kier alpha value is -2.47. The third-order valence-electron chi connectivity index (χ3n) is 3.48. The minimum atomic E-state index is -0.246. The van der Waals surface area contributed by atoms with Gasteiger partial charge in [0.1, 0.15) is 17.2 Å². The zero-order chi connectivity index (χ0) is 16.4. The largest absolute Gasteiger partial charge is 0.497 e. The van der Waals surface area contributed by atoms with Crippen molar-refractivity contribution in [2.24, 2.45) is 0 Å². The van der Waals surface area contributed by atoms with Crippen LogP contribution in [-0.2, 0) is 0 Å². The van der Waals surface area contributed by atoms with E-state index in [2.05, 4.69) is 26.2 Å². The van der Waals surface area contributed by atoms with Gasteiger partial charge in [-0.25, -0.2) is 0 Å². The third-order valence-corrected chi connectivity index (χ3v) is 3.98. The zero-order valence-electron chi connectivity index (χ0n) is 12.6. The van der Waals surface area contributed by atoms with Crippen molar-refractivity contribution in [2.45, 2.75) is 0 Å². The highest BCUT2D eigenvalue weighted by Crippen LogP contribution is 2.29. The fourth-order valence-corrected chi connectivity index (χ4v) is 2.68. The van der Waals surface area contributed by atoms with Crippen molar-refractivity contribution in [3.63, 3.8) is 0 Å². The molecule has 1 aromatic heterocycles. The molecule has 6 heteroatoms. The number of ether oxygens (including phenoxy) is 2. The number of aromatic nitrogens is 1. The summed E-state index contributed by atoms with van der Waals surface area (Å²) in [5.74, 6) is 0.962. The summed E-state index contributed by atoms with van der Waals surface area (Å²) in [6.07, 6.45) is 0. The molecule has 0 atom stereocenters. The number of carbonyl (C=O) groups excluding carboxylic acids is 1. The summed E-state index contributed by atoms with van der Waals surface area (Å²) in [6.45, 7) is 0. The topological polar surface area (TPSA) is 63.4 Å². The van der Waals surface area contributed by atoms with Crippen LogP contribution in [0, 0.1) is 0 Å². The first-order chi connectivity index (χ1) is 11.1. The second-order valence-corrected chi connectivity index (χ2v) is 5.85. The van der Waals surface area contributed by atoms with Crippen molar-refractivity contribution >= 4 is 38.4 Å². The maximum absolute atomic E-state index is 12.5. The van der Waals surface area contributed by atoms with E-state index < -0.39 is 0 Å². The van der Waals surface area contributed by atoms with Crippen LogP contribution in [0.1, 0.15) is 10.5 Å². The summed E-state index contributed by atoms with van der Waals surface area (Å²) in [7, 11) is 3.13. The minimum absolute atomic E-state index is 0.246. The molecule has 0 saturated heterocycles. The molecule has 23 heavy (non-hydrogen) atoms. The zero-order valence-corrected chi connectivity index (χ0v) is 14.2. The third kappa shape index (κ3) is 3.17. The summed E-state index contributed by atoms with van der Waals surface area (Å²) >= 11 is 3.42. The van der Waals surface area contributed by atoms with Gasteiger partial charge in [0.25, 0.3) is 5.91 Å². The highest BCUT2D eigenvalue weighted by Gasteiger charge is 2.13. The van der Waals surface area contributed by atoms with Gasteiger partial charge in [0.05, 0.1) is 19.9 Å². The number of hydrogen-bond donors (Lipinski definition) is 2. The molecule has 3 aromatic rings. The van der Waals surface area contributed by atoms with Gasteiger partial charge in [-0.1, -0.05) is 22.0 Å². The average Bonchev–Trinajstić information content (AvgIpc) is 2.98. The number of halogens is 1. The molecule has 0 saturated carbocycles. The highest BCUT2D eigenvalue weighted by molar-refractivity contribution is 9.10. The van der Waals surface area contributed by atoms with Crippen LogP contribution < -0.4 is 14.8 Å². The summed E-state index contributed by atoms with van der Waals surface area (Å²) in [5, 5.41) is 3.81. The van der Waals surface area contributed by atoms with E-state index in [1.807, 2.05) is 24.3 Å². The van der Waals surface area contributed by atoms with Gasteiger partial charge in [0.15, 0.2) is 0 Å². The van der Waals surface area contributed by atoms with Crippen molar-refractivity contribution in [2.75, 3.05) is 19.5 Å². The second-order valence-electron chi connectivity index (χ2n) is 4.93. The van der Waals surface area contributed by atoms with Gasteiger partial charge in [0.2, 0.25) is 0 Å². The predicted octanol–water partition coefficient (Wildman–Crippen LogP) is 4.20. The number of methoxy groups -OCH3 is 2. The van der Waals surface area contributed by atoms with Gasteiger partial charge in [-0.15, -0.1) is 0 Å². The van der Waals surface area contributed by atoms with Gasteiger partial charge in [-0.05, 0) is 30.3 Å². The van der Waals surface area contributed by atoms with E-state index in [0.717, 1.165) is 15.4 Å². The Morgan fingerprint density at radius 2 is 1.91 bits per heavy atom. The molecule has 2 N–H and O–H groups in total. The van der Waals surface area contributed by atoms with Crippen LogP contribution in [-0.4, -0.2) is 25.1 Å². The smallest absolute Gasteiger partial charge is 0.272 e. The molecule has 5 nitrogen and oxygen atoms in total. The summed E-state index contributed by atoms with van der Waals surface area (Å²) in [4.78, 5) is 15.6. The van der Waals surface area contributed by atoms with Crippen molar-refractivity contribution in [3.05, 3.63) is 52.6 Å². The van der Waals surface area contributed by atoms with Crippen molar-refractivity contribution < 1.29 is 14.3 Å². The number of benzene rings is 2. The van der Waals surface area contributed by atoms with E-state index >= 15 is 0 Å². The summed E-state index contributed by atoms with van der Waals surface area (Å²) < 4.78 is 11.4. The summed E-state index contributed by atoms with van der Waals surface area (Å²) in [5.41, 5.74) is 1.92. The molecule has 0 radical (unpaired) electrons. The quantitative estimate of drug-likeness (QED) is 0.719. The number of nitrogens with one attached hydrogen (secondary N) is 2. The molecule has 0 aliphatic heterocycles. The SMILES string of the molecule is COc1ccc(OC)c(NC(=O)c2cc3ccc(Br)cc3[nH]2)c1. The number of amides is 1. The molecule has 3 rings (SSSR count). The van der Waals surface area contributed by atoms with E-state index in [9.17, 15) is 4.79 Å². The van der Waals surface area contributed by atoms with Gasteiger partial charge in [0, 0.05) is 21.4 Å². The fraction of sp³-hybridized carbons (Fsp3) is 0.118. The van der Waals surface area contributed by atoms with Crippen molar-refractivity contribution in [1.29, 1.82) is 0 Å². The first-order valence-electron chi connectivity index (χ1n) is 6.92. The lowest BCUT2D eigenvalue weighted by molar-refractivity contribution is 0.102. The maximum atomic E-state index is 12.5. The molecule has 0 spiro atoms. The van der Waals surface area contributed by atoms with Gasteiger partial charge < -0.3 is 19.8 Å². The lowest BCUT2D eigenvalue weighted by atomic mass is 10.2. The minimum Gasteiger partial charge on any atom is -0.497 e. The number of carbonyl (C=O) groups is 1. The fourth-order valence-electron chi connectivity index (χ4n) is 2.32. The Morgan fingerprint density at radius 3 is 2.65 bits per heavy atom. The summed E-state index contributed by atoms with van der Waals surface area (Å²) in [6, 6.07) is 12.9. The lowest BCUT2D eigenvalue weighted by Crippen LogP contribution is -2.13. The van der Waals surface area contributed by atoms with E-state index in [-0.39, 0.29) is 5.91 Å². The van der Waals surface area contributed by atoms with Crippen LogP contribution in [0.4, 0.5) is 5.69 Å². The standard InChI is InChI=1S/C17H15BrN2O3/c1-22-12-5-6-16(23-2)14(9-12)20-17(21)15-7-10-3-4-11(18)8-13(10)19-15/h3-9,19H,1-2H3,(H,20,21). The first-order valence-corrected chi connectivity index (χ1v) is 7.71. The molecule has 1 heterocycles. The van der Waals surface area contributed by atoms with E-state index in [1.165, 1.54) is 0 Å². The molecule has 1 amide bonds. The Morgan fingerprint density at radius 1 is 1.09 bits per heavy atom. The van der Waals surface area contributed by atoms with Crippen molar-refractivity contribution in [1.82, 2.24) is 4.98 Å². The maximum Gasteiger partial charge on any atom is 0.272 e. The lowest BCUT2D eigenvalue weighted by Gasteiger charge is -2.11. The van der Waals surface area contributed by atoms with Gasteiger partial charge >= 0.3 is 0 Å². The van der Waals surface area contributed by atoms with Crippen LogP contribution >= 0.6 is 15.9 Å². The van der Waals surface area contributed by atoms with Crippen LogP contribution in [0.25, 0.3) is 10.9 Å². The number of rotatable bonds is 4. The molecular formula is C17H15BrN2O3. The van der Waals surface area contributed by atoms with Gasteiger partial charge in [-0.3, -0.25) is 4.79 Å². The number of fused-ring (bicyclic) bond motifs is 1. The number of H-pyrrole nitrogens is 1. The Kier molecular flexibility index (Phi) is 4.25. The molecule has 118 valence electrons. The van der Waals surface area contributed by atoms with Crippen molar-refractivity contribution in [3.8, 4) is 11.5 Å². The number of hydrogen-bond acceptors (Lipinski definition) is 3. The number of aromatic amines is 1.